The quantitative estimate of drug-likeness (QED) is 0.832. The Balaban J connectivity index is 2.14. The summed E-state index contributed by atoms with van der Waals surface area (Å²) >= 11 is 3.61. The van der Waals surface area contributed by atoms with E-state index in [1.54, 1.807) is 7.11 Å². The molecule has 130 valence electrons. The molecular weight excluding hydrogens is 366 g/mol. The Hall–Kier alpha value is -1.20. The highest BCUT2D eigenvalue weighted by atomic mass is 79.9. The van der Waals surface area contributed by atoms with Crippen LogP contribution in [-0.2, 0) is 10.4 Å². The van der Waals surface area contributed by atoms with E-state index >= 15 is 0 Å². The van der Waals surface area contributed by atoms with Crippen molar-refractivity contribution in [2.24, 2.45) is 21.1 Å². The molecule has 4 nitrogen and oxygen atoms in total. The molecule has 1 aromatic carbocycles. The highest BCUT2D eigenvalue weighted by molar-refractivity contribution is 9.10. The summed E-state index contributed by atoms with van der Waals surface area (Å²) in [7, 11) is 1.80. The first-order chi connectivity index (χ1) is 11.3. The molecule has 2 aliphatic rings. The molecule has 0 spiro atoms. The van der Waals surface area contributed by atoms with E-state index in [0.717, 1.165) is 41.4 Å². The Labute approximate surface area is 152 Å². The van der Waals surface area contributed by atoms with Gasteiger partial charge in [-0.1, -0.05) is 28.9 Å². The van der Waals surface area contributed by atoms with Gasteiger partial charge in [-0.15, -0.1) is 0 Å². The second-order valence-electron chi connectivity index (χ2n) is 7.32. The summed E-state index contributed by atoms with van der Waals surface area (Å²) in [6.07, 6.45) is 4.44. The summed E-state index contributed by atoms with van der Waals surface area (Å²) in [6.45, 7) is 6.39. The number of nitrogens with zero attached hydrogens (tertiary/aromatic N) is 2. The van der Waals surface area contributed by atoms with Gasteiger partial charge >= 0.3 is 0 Å². The third-order valence-electron chi connectivity index (χ3n) is 5.77. The number of rotatable bonds is 3. The predicted octanol–water partition coefficient (Wildman–Crippen LogP) is 4.34. The molecule has 1 saturated carbocycles. The molecule has 0 bridgehead atoms. The standard InChI is InChI=1S/C19H26BrN3O/c1-12-5-6-14(20)11-16(12)19(22-13(2)17(21)23-19)18(3)9-7-15(24-4)8-10-18/h5-6,11,15H,7-10H2,1-4H3,(H2,21,23). The van der Waals surface area contributed by atoms with Crippen molar-refractivity contribution in [3.05, 3.63) is 33.8 Å². The number of benzene rings is 1. The van der Waals surface area contributed by atoms with Crippen molar-refractivity contribution in [2.45, 2.75) is 58.2 Å². The van der Waals surface area contributed by atoms with Gasteiger partial charge in [-0.05, 0) is 57.2 Å². The van der Waals surface area contributed by atoms with Crippen LogP contribution in [0.4, 0.5) is 0 Å². The molecule has 3 rings (SSSR count). The van der Waals surface area contributed by atoms with Gasteiger partial charge in [-0.3, -0.25) is 4.99 Å². The van der Waals surface area contributed by atoms with Gasteiger partial charge in [0.1, 0.15) is 5.84 Å². The Kier molecular flexibility index (Phi) is 4.60. The van der Waals surface area contributed by atoms with Gasteiger partial charge in [0.25, 0.3) is 0 Å². The zero-order valence-corrected chi connectivity index (χ0v) is 16.5. The van der Waals surface area contributed by atoms with Crippen molar-refractivity contribution in [2.75, 3.05) is 7.11 Å². The lowest BCUT2D eigenvalue weighted by Gasteiger charge is -2.47. The summed E-state index contributed by atoms with van der Waals surface area (Å²) in [5.74, 6) is 0.560. The number of ether oxygens (including phenoxy) is 1. The lowest BCUT2D eigenvalue weighted by molar-refractivity contribution is 0.00117. The Bertz CT molecular complexity index is 685. The van der Waals surface area contributed by atoms with Crippen molar-refractivity contribution in [1.29, 1.82) is 0 Å². The number of hydrogen-bond donors (Lipinski definition) is 1. The molecule has 0 saturated heterocycles. The highest BCUT2D eigenvalue weighted by Gasteiger charge is 2.53. The summed E-state index contributed by atoms with van der Waals surface area (Å²) in [4.78, 5) is 9.99. The van der Waals surface area contributed by atoms with Gasteiger partial charge in [-0.25, -0.2) is 4.99 Å². The lowest BCUT2D eigenvalue weighted by atomic mass is 9.64. The molecule has 1 aliphatic carbocycles. The molecule has 1 aliphatic heterocycles. The fourth-order valence-electron chi connectivity index (χ4n) is 4.08. The van der Waals surface area contributed by atoms with Gasteiger partial charge in [0, 0.05) is 22.6 Å². The molecule has 2 N–H and O–H groups in total. The van der Waals surface area contributed by atoms with Crippen LogP contribution in [0.1, 0.15) is 50.7 Å². The highest BCUT2D eigenvalue weighted by Crippen LogP contribution is 2.55. The zero-order valence-electron chi connectivity index (χ0n) is 14.9. The van der Waals surface area contributed by atoms with Gasteiger partial charge in [0.2, 0.25) is 0 Å². The fraction of sp³-hybridized carbons (Fsp3) is 0.579. The first-order valence-electron chi connectivity index (χ1n) is 8.53. The SMILES string of the molecule is COC1CCC(C)(C2(c3cc(Br)ccc3C)N=C(C)C(N)=N2)CC1. The molecule has 1 aromatic rings. The molecular formula is C19H26BrN3O. The fourth-order valence-corrected chi connectivity index (χ4v) is 4.44. The van der Waals surface area contributed by atoms with E-state index in [1.807, 2.05) is 6.92 Å². The molecule has 24 heavy (non-hydrogen) atoms. The van der Waals surface area contributed by atoms with Crippen LogP contribution in [0.2, 0.25) is 0 Å². The lowest BCUT2D eigenvalue weighted by Crippen LogP contribution is -2.44. The van der Waals surface area contributed by atoms with Crippen LogP contribution in [0.5, 0.6) is 0 Å². The normalized spacial score (nSPS) is 33.3. The maximum Gasteiger partial charge on any atom is 0.184 e. The van der Waals surface area contributed by atoms with Crippen LogP contribution in [-0.4, -0.2) is 24.8 Å². The van der Waals surface area contributed by atoms with Crippen molar-refractivity contribution >= 4 is 27.5 Å². The first kappa shape index (κ1) is 17.6. The number of amidine groups is 1. The van der Waals surface area contributed by atoms with E-state index in [-0.39, 0.29) is 5.41 Å². The summed E-state index contributed by atoms with van der Waals surface area (Å²) < 4.78 is 6.61. The van der Waals surface area contributed by atoms with Crippen molar-refractivity contribution < 1.29 is 4.74 Å². The number of nitrogens with two attached hydrogens (primary N) is 1. The maximum atomic E-state index is 6.18. The molecule has 1 atom stereocenters. The average molecular weight is 392 g/mol. The van der Waals surface area contributed by atoms with E-state index in [4.69, 9.17) is 20.5 Å². The zero-order chi connectivity index (χ0) is 17.5. The summed E-state index contributed by atoms with van der Waals surface area (Å²) in [5.41, 5.74) is 8.66. The minimum absolute atomic E-state index is 0.0734. The maximum absolute atomic E-state index is 6.18. The van der Waals surface area contributed by atoms with E-state index in [9.17, 15) is 0 Å². The Morgan fingerprint density at radius 3 is 2.42 bits per heavy atom. The number of aryl methyl sites for hydroxylation is 1. The van der Waals surface area contributed by atoms with Crippen LogP contribution in [0.25, 0.3) is 0 Å². The minimum atomic E-state index is -0.631. The van der Waals surface area contributed by atoms with E-state index < -0.39 is 5.66 Å². The van der Waals surface area contributed by atoms with E-state index in [1.165, 1.54) is 5.56 Å². The van der Waals surface area contributed by atoms with Crippen LogP contribution in [0.15, 0.2) is 32.7 Å². The molecule has 0 amide bonds. The summed E-state index contributed by atoms with van der Waals surface area (Å²) in [5, 5.41) is 0. The third-order valence-corrected chi connectivity index (χ3v) is 6.26. The molecule has 1 unspecified atom stereocenters. The van der Waals surface area contributed by atoms with Gasteiger partial charge in [0.05, 0.1) is 11.8 Å². The minimum Gasteiger partial charge on any atom is -0.382 e. The smallest absolute Gasteiger partial charge is 0.184 e. The van der Waals surface area contributed by atoms with Crippen LogP contribution in [0.3, 0.4) is 0 Å². The van der Waals surface area contributed by atoms with Crippen molar-refractivity contribution in [1.82, 2.24) is 0 Å². The van der Waals surface area contributed by atoms with E-state index in [0.29, 0.717) is 11.9 Å². The predicted molar refractivity (Wildman–Crippen MR) is 103 cm³/mol. The van der Waals surface area contributed by atoms with Crippen LogP contribution >= 0.6 is 15.9 Å². The number of aliphatic imine (C=N–C) groups is 2. The number of halogens is 1. The monoisotopic (exact) mass is 391 g/mol. The largest absolute Gasteiger partial charge is 0.382 e. The van der Waals surface area contributed by atoms with Gasteiger partial charge < -0.3 is 10.5 Å². The molecule has 1 fully saturated rings. The Morgan fingerprint density at radius 2 is 1.88 bits per heavy atom. The molecule has 1 heterocycles. The number of hydrogen-bond acceptors (Lipinski definition) is 4. The topological polar surface area (TPSA) is 60.0 Å². The van der Waals surface area contributed by atoms with E-state index in [2.05, 4.69) is 48.0 Å². The molecule has 0 aromatic heterocycles. The molecule has 0 radical (unpaired) electrons. The van der Waals surface area contributed by atoms with Crippen molar-refractivity contribution in [3.8, 4) is 0 Å². The second-order valence-corrected chi connectivity index (χ2v) is 8.24. The second kappa shape index (κ2) is 6.26. The first-order valence-corrected chi connectivity index (χ1v) is 9.32. The molecule has 5 heteroatoms. The van der Waals surface area contributed by atoms with Crippen molar-refractivity contribution in [3.63, 3.8) is 0 Å². The van der Waals surface area contributed by atoms with Crippen LogP contribution < -0.4 is 5.73 Å². The van der Waals surface area contributed by atoms with Crippen LogP contribution in [0, 0.1) is 12.3 Å². The average Bonchev–Trinajstić information content (AvgIpc) is 2.87. The van der Waals surface area contributed by atoms with Gasteiger partial charge in [-0.2, -0.15) is 0 Å². The van der Waals surface area contributed by atoms with Gasteiger partial charge in [0.15, 0.2) is 5.66 Å². The third kappa shape index (κ3) is 2.72. The summed E-state index contributed by atoms with van der Waals surface area (Å²) in [6, 6.07) is 6.34. The Morgan fingerprint density at radius 1 is 1.21 bits per heavy atom. The number of methoxy groups -OCH3 is 1.